The third kappa shape index (κ3) is 2.75. The standard InChI is InChI=1S/C10H9ClN2OS/c11-7-1-2-8(13-6-7)9(14)5-10-12-3-4-15-10/h1-4,6,9,14H,5H2. The van der Waals surface area contributed by atoms with Gasteiger partial charge in [0.1, 0.15) is 6.10 Å². The summed E-state index contributed by atoms with van der Waals surface area (Å²) >= 11 is 7.23. The summed E-state index contributed by atoms with van der Waals surface area (Å²) in [6, 6.07) is 3.44. The highest BCUT2D eigenvalue weighted by molar-refractivity contribution is 7.09. The minimum absolute atomic E-state index is 0.492. The Hall–Kier alpha value is -0.970. The fourth-order valence-electron chi connectivity index (χ4n) is 1.21. The van der Waals surface area contributed by atoms with Crippen LogP contribution in [0.4, 0.5) is 0 Å². The minimum atomic E-state index is -0.617. The van der Waals surface area contributed by atoms with Gasteiger partial charge in [-0.25, -0.2) is 4.98 Å². The fraction of sp³-hybridized carbons (Fsp3) is 0.200. The van der Waals surface area contributed by atoms with E-state index in [9.17, 15) is 5.11 Å². The molecule has 0 aromatic carbocycles. The molecule has 78 valence electrons. The van der Waals surface area contributed by atoms with Crippen LogP contribution in [0.5, 0.6) is 0 Å². The average Bonchev–Trinajstić information content (AvgIpc) is 2.71. The number of aromatic nitrogens is 2. The van der Waals surface area contributed by atoms with Crippen LogP contribution in [0.25, 0.3) is 0 Å². The molecule has 15 heavy (non-hydrogen) atoms. The zero-order chi connectivity index (χ0) is 10.7. The van der Waals surface area contributed by atoms with Crippen molar-refractivity contribution in [3.63, 3.8) is 0 Å². The van der Waals surface area contributed by atoms with E-state index in [0.29, 0.717) is 17.1 Å². The van der Waals surface area contributed by atoms with Crippen LogP contribution in [0.1, 0.15) is 16.8 Å². The van der Waals surface area contributed by atoms with E-state index >= 15 is 0 Å². The number of hydrogen-bond acceptors (Lipinski definition) is 4. The highest BCUT2D eigenvalue weighted by atomic mass is 35.5. The fourth-order valence-corrected chi connectivity index (χ4v) is 1.97. The van der Waals surface area contributed by atoms with Crippen molar-refractivity contribution in [2.75, 3.05) is 0 Å². The zero-order valence-electron chi connectivity index (χ0n) is 7.80. The maximum absolute atomic E-state index is 9.84. The topological polar surface area (TPSA) is 46.0 Å². The van der Waals surface area contributed by atoms with E-state index in [1.165, 1.54) is 17.5 Å². The summed E-state index contributed by atoms with van der Waals surface area (Å²) in [6.07, 6.45) is 3.13. The van der Waals surface area contributed by atoms with E-state index in [-0.39, 0.29) is 0 Å². The second-order valence-electron chi connectivity index (χ2n) is 3.05. The molecule has 0 fully saturated rings. The van der Waals surface area contributed by atoms with E-state index in [1.807, 2.05) is 5.38 Å². The van der Waals surface area contributed by atoms with E-state index in [4.69, 9.17) is 11.6 Å². The van der Waals surface area contributed by atoms with Crippen molar-refractivity contribution in [1.29, 1.82) is 0 Å². The number of aliphatic hydroxyl groups is 1. The van der Waals surface area contributed by atoms with Gasteiger partial charge in [-0.3, -0.25) is 4.98 Å². The summed E-state index contributed by atoms with van der Waals surface area (Å²) in [5.74, 6) is 0. The van der Waals surface area contributed by atoms with Gasteiger partial charge in [-0.1, -0.05) is 11.6 Å². The van der Waals surface area contributed by atoms with Gasteiger partial charge in [-0.2, -0.15) is 0 Å². The van der Waals surface area contributed by atoms with Gasteiger partial charge in [0.2, 0.25) is 0 Å². The van der Waals surface area contributed by atoms with E-state index in [1.54, 1.807) is 18.3 Å². The summed E-state index contributed by atoms with van der Waals surface area (Å²) in [6.45, 7) is 0. The Bertz CT molecular complexity index is 415. The lowest BCUT2D eigenvalue weighted by atomic mass is 10.2. The highest BCUT2D eigenvalue weighted by Crippen LogP contribution is 2.18. The monoisotopic (exact) mass is 240 g/mol. The molecular weight excluding hydrogens is 232 g/mol. The molecule has 0 aliphatic rings. The smallest absolute Gasteiger partial charge is 0.102 e. The maximum atomic E-state index is 9.84. The first-order valence-corrected chi connectivity index (χ1v) is 5.69. The third-order valence-electron chi connectivity index (χ3n) is 1.94. The molecule has 2 heterocycles. The summed E-state index contributed by atoms with van der Waals surface area (Å²) in [7, 11) is 0. The van der Waals surface area contributed by atoms with E-state index in [2.05, 4.69) is 9.97 Å². The molecule has 0 radical (unpaired) electrons. The molecule has 0 aliphatic heterocycles. The van der Waals surface area contributed by atoms with E-state index < -0.39 is 6.10 Å². The molecule has 1 unspecified atom stereocenters. The van der Waals surface area contributed by atoms with Crippen molar-refractivity contribution in [2.45, 2.75) is 12.5 Å². The van der Waals surface area contributed by atoms with Crippen molar-refractivity contribution in [2.24, 2.45) is 0 Å². The first kappa shape index (κ1) is 10.5. The average molecular weight is 241 g/mol. The highest BCUT2D eigenvalue weighted by Gasteiger charge is 2.11. The Morgan fingerprint density at radius 3 is 2.87 bits per heavy atom. The molecule has 2 aromatic rings. The van der Waals surface area contributed by atoms with Gasteiger partial charge in [0.15, 0.2) is 0 Å². The van der Waals surface area contributed by atoms with Crippen molar-refractivity contribution in [3.8, 4) is 0 Å². The quantitative estimate of drug-likeness (QED) is 0.897. The molecule has 0 aliphatic carbocycles. The number of halogens is 1. The number of pyridine rings is 1. The van der Waals surface area contributed by atoms with Crippen LogP contribution in [0, 0.1) is 0 Å². The molecule has 1 atom stereocenters. The van der Waals surface area contributed by atoms with Crippen LogP contribution < -0.4 is 0 Å². The SMILES string of the molecule is OC(Cc1nccs1)c1ccc(Cl)cn1. The third-order valence-corrected chi connectivity index (χ3v) is 2.97. The largest absolute Gasteiger partial charge is 0.386 e. The van der Waals surface area contributed by atoms with Crippen molar-refractivity contribution >= 4 is 22.9 Å². The Morgan fingerprint density at radius 2 is 2.27 bits per heavy atom. The lowest BCUT2D eigenvalue weighted by Crippen LogP contribution is -2.03. The van der Waals surface area contributed by atoms with Crippen LogP contribution in [0.2, 0.25) is 5.02 Å². The van der Waals surface area contributed by atoms with Crippen molar-refractivity contribution in [1.82, 2.24) is 9.97 Å². The summed E-state index contributed by atoms with van der Waals surface area (Å²) < 4.78 is 0. The number of aliphatic hydroxyl groups excluding tert-OH is 1. The zero-order valence-corrected chi connectivity index (χ0v) is 9.37. The second-order valence-corrected chi connectivity index (χ2v) is 4.46. The van der Waals surface area contributed by atoms with Gasteiger partial charge in [-0.05, 0) is 12.1 Å². The summed E-state index contributed by atoms with van der Waals surface area (Å²) in [5, 5.41) is 13.2. The van der Waals surface area contributed by atoms with Crippen LogP contribution in [0.15, 0.2) is 29.9 Å². The van der Waals surface area contributed by atoms with Gasteiger partial charge in [0.05, 0.1) is 15.7 Å². The Morgan fingerprint density at radius 1 is 1.40 bits per heavy atom. The maximum Gasteiger partial charge on any atom is 0.102 e. The number of hydrogen-bond donors (Lipinski definition) is 1. The predicted octanol–water partition coefficient (Wildman–Crippen LogP) is 2.47. The number of rotatable bonds is 3. The van der Waals surface area contributed by atoms with Gasteiger partial charge in [0.25, 0.3) is 0 Å². The van der Waals surface area contributed by atoms with Crippen molar-refractivity contribution in [3.05, 3.63) is 45.6 Å². The molecule has 0 saturated heterocycles. The normalized spacial score (nSPS) is 12.7. The number of nitrogens with zero attached hydrogens (tertiary/aromatic N) is 2. The van der Waals surface area contributed by atoms with Gasteiger partial charge in [0, 0.05) is 24.2 Å². The number of thiazole rings is 1. The Balaban J connectivity index is 2.08. The van der Waals surface area contributed by atoms with Crippen molar-refractivity contribution < 1.29 is 5.11 Å². The predicted molar refractivity (Wildman–Crippen MR) is 60.0 cm³/mol. The van der Waals surface area contributed by atoms with Crippen LogP contribution in [-0.4, -0.2) is 15.1 Å². The van der Waals surface area contributed by atoms with E-state index in [0.717, 1.165) is 5.01 Å². The molecule has 0 amide bonds. The molecule has 0 spiro atoms. The molecule has 0 saturated carbocycles. The van der Waals surface area contributed by atoms with Crippen LogP contribution in [-0.2, 0) is 6.42 Å². The minimum Gasteiger partial charge on any atom is -0.386 e. The Labute approximate surface area is 96.4 Å². The summed E-state index contributed by atoms with van der Waals surface area (Å²) in [4.78, 5) is 8.16. The van der Waals surface area contributed by atoms with Gasteiger partial charge in [-0.15, -0.1) is 11.3 Å². The first-order chi connectivity index (χ1) is 7.25. The lowest BCUT2D eigenvalue weighted by Gasteiger charge is -2.07. The molecule has 3 nitrogen and oxygen atoms in total. The molecule has 0 bridgehead atoms. The van der Waals surface area contributed by atoms with Gasteiger partial charge >= 0.3 is 0 Å². The first-order valence-electron chi connectivity index (χ1n) is 4.43. The second kappa shape index (κ2) is 4.70. The van der Waals surface area contributed by atoms with Crippen LogP contribution >= 0.6 is 22.9 Å². The molecular formula is C10H9ClN2OS. The Kier molecular flexibility index (Phi) is 3.30. The van der Waals surface area contributed by atoms with Gasteiger partial charge < -0.3 is 5.11 Å². The molecule has 5 heteroatoms. The summed E-state index contributed by atoms with van der Waals surface area (Å²) in [5.41, 5.74) is 0.620. The lowest BCUT2D eigenvalue weighted by molar-refractivity contribution is 0.173. The molecule has 1 N–H and O–H groups in total. The molecule has 2 aromatic heterocycles. The van der Waals surface area contributed by atoms with Crippen LogP contribution in [0.3, 0.4) is 0 Å². The molecule has 2 rings (SSSR count).